The summed E-state index contributed by atoms with van der Waals surface area (Å²) in [5.41, 5.74) is 1.39. The van der Waals surface area contributed by atoms with Crippen molar-refractivity contribution in [1.29, 1.82) is 0 Å². The largest absolute Gasteiger partial charge is 0.451 e. The molecule has 120 valence electrons. The molecule has 0 fully saturated rings. The molecular weight excluding hydrogens is 358 g/mol. The topological polar surface area (TPSA) is 60.0 Å². The van der Waals surface area contributed by atoms with E-state index in [4.69, 9.17) is 4.74 Å². The highest BCUT2D eigenvalue weighted by Gasteiger charge is 2.34. The molecule has 0 saturated heterocycles. The summed E-state index contributed by atoms with van der Waals surface area (Å²) in [6.07, 6.45) is -0.630. The Morgan fingerprint density at radius 1 is 1.04 bits per heavy atom. The lowest BCUT2D eigenvalue weighted by Gasteiger charge is -2.23. The van der Waals surface area contributed by atoms with Gasteiger partial charge >= 0.3 is 5.97 Å². The van der Waals surface area contributed by atoms with Crippen molar-refractivity contribution in [1.82, 2.24) is 0 Å². The fourth-order valence-electron chi connectivity index (χ4n) is 2.44. The number of nitrogens with two attached hydrogens (primary N) is 1. The van der Waals surface area contributed by atoms with Gasteiger partial charge in [-0.25, -0.2) is 0 Å². The van der Waals surface area contributed by atoms with E-state index in [2.05, 4.69) is 15.9 Å². The molecule has 0 radical (unpaired) electrons. The smallest absolute Gasteiger partial charge is 0.303 e. The number of ketones is 1. The molecule has 4 nitrogen and oxygen atoms in total. The minimum atomic E-state index is -0.630. The van der Waals surface area contributed by atoms with Crippen molar-refractivity contribution in [2.75, 3.05) is 7.05 Å². The first-order valence-corrected chi connectivity index (χ1v) is 8.13. The Balaban J connectivity index is 2.35. The first-order valence-electron chi connectivity index (χ1n) is 7.34. The third-order valence-electron chi connectivity index (χ3n) is 3.54. The second kappa shape index (κ2) is 8.04. The first kappa shape index (κ1) is 17.4. The van der Waals surface area contributed by atoms with Crippen LogP contribution >= 0.6 is 15.9 Å². The van der Waals surface area contributed by atoms with Crippen LogP contribution in [0.15, 0.2) is 59.1 Å². The zero-order valence-electron chi connectivity index (χ0n) is 13.0. The highest BCUT2D eigenvalue weighted by molar-refractivity contribution is 9.10. The standard InChI is InChI=1S/C18H18BrNO3/c1-12(21)23-18(14-6-4-3-5-7-14)16(20-2)17(22)13-8-10-15(19)11-9-13/h3-11,16,18,20H,1-2H3/p+1/t16-,18-/m0/s1. The maximum absolute atomic E-state index is 12.8. The second-order valence-electron chi connectivity index (χ2n) is 5.17. The summed E-state index contributed by atoms with van der Waals surface area (Å²) in [5, 5.41) is 1.78. The normalized spacial score (nSPS) is 13.2. The van der Waals surface area contributed by atoms with Crippen molar-refractivity contribution in [3.8, 4) is 0 Å². The molecule has 0 aliphatic rings. The van der Waals surface area contributed by atoms with Crippen molar-refractivity contribution in [3.05, 3.63) is 70.2 Å². The molecule has 0 aliphatic heterocycles. The summed E-state index contributed by atoms with van der Waals surface area (Å²) in [7, 11) is 1.81. The maximum atomic E-state index is 12.8. The molecule has 2 N–H and O–H groups in total. The molecule has 2 atom stereocenters. The van der Waals surface area contributed by atoms with Crippen LogP contribution in [-0.2, 0) is 9.53 Å². The molecule has 0 spiro atoms. The molecule has 23 heavy (non-hydrogen) atoms. The third-order valence-corrected chi connectivity index (χ3v) is 4.07. The number of quaternary nitrogens is 1. The van der Waals surface area contributed by atoms with E-state index in [1.807, 2.05) is 42.5 Å². The van der Waals surface area contributed by atoms with E-state index in [1.54, 1.807) is 24.5 Å². The quantitative estimate of drug-likeness (QED) is 0.622. The van der Waals surface area contributed by atoms with E-state index in [9.17, 15) is 9.59 Å². The number of ether oxygens (including phenoxy) is 1. The van der Waals surface area contributed by atoms with Crippen molar-refractivity contribution in [2.24, 2.45) is 0 Å². The summed E-state index contributed by atoms with van der Waals surface area (Å²) in [6.45, 7) is 1.35. The minimum Gasteiger partial charge on any atom is -0.451 e. The van der Waals surface area contributed by atoms with Gasteiger partial charge in [-0.2, -0.15) is 0 Å². The number of rotatable bonds is 6. The van der Waals surface area contributed by atoms with E-state index < -0.39 is 18.1 Å². The molecule has 2 aromatic rings. The molecule has 5 heteroatoms. The Labute approximate surface area is 144 Å². The number of likely N-dealkylation sites (N-methyl/N-ethyl adjacent to an activating group) is 1. The zero-order chi connectivity index (χ0) is 16.8. The summed E-state index contributed by atoms with van der Waals surface area (Å²) < 4.78 is 6.36. The van der Waals surface area contributed by atoms with Gasteiger partial charge in [-0.05, 0) is 17.7 Å². The molecule has 0 aliphatic carbocycles. The van der Waals surface area contributed by atoms with Crippen LogP contribution < -0.4 is 5.32 Å². The Kier molecular flexibility index (Phi) is 6.07. The zero-order valence-corrected chi connectivity index (χ0v) is 14.6. The van der Waals surface area contributed by atoms with Gasteiger partial charge in [0.2, 0.25) is 5.78 Å². The maximum Gasteiger partial charge on any atom is 0.303 e. The molecule has 0 unspecified atom stereocenters. The molecule has 0 bridgehead atoms. The number of hydrogen-bond donors (Lipinski definition) is 1. The van der Waals surface area contributed by atoms with Crippen molar-refractivity contribution in [3.63, 3.8) is 0 Å². The summed E-state index contributed by atoms with van der Waals surface area (Å²) >= 11 is 3.36. The Morgan fingerprint density at radius 2 is 1.65 bits per heavy atom. The van der Waals surface area contributed by atoms with Crippen LogP contribution in [0.25, 0.3) is 0 Å². The van der Waals surface area contributed by atoms with Gasteiger partial charge < -0.3 is 10.1 Å². The third kappa shape index (κ3) is 4.50. The first-order chi connectivity index (χ1) is 11.0. The van der Waals surface area contributed by atoms with E-state index >= 15 is 0 Å². The number of Topliss-reactive ketones (excluding diaryl/α,β-unsaturated/α-hetero) is 1. The summed E-state index contributed by atoms with van der Waals surface area (Å²) in [4.78, 5) is 24.3. The highest BCUT2D eigenvalue weighted by atomic mass is 79.9. The number of hydrogen-bond acceptors (Lipinski definition) is 3. The fraction of sp³-hybridized carbons (Fsp3) is 0.222. The number of esters is 1. The minimum absolute atomic E-state index is 0.0740. The molecule has 0 saturated carbocycles. The lowest BCUT2D eigenvalue weighted by Crippen LogP contribution is -2.89. The van der Waals surface area contributed by atoms with Gasteiger partial charge in [0.1, 0.15) is 0 Å². The number of carbonyl (C=O) groups excluding carboxylic acids is 2. The summed E-state index contributed by atoms with van der Waals surface area (Å²) in [6, 6.07) is 16.0. The predicted octanol–water partition coefficient (Wildman–Crippen LogP) is 2.50. The van der Waals surface area contributed by atoms with Gasteiger partial charge in [0, 0.05) is 17.0 Å². The fourth-order valence-corrected chi connectivity index (χ4v) is 2.70. The van der Waals surface area contributed by atoms with Crippen LogP contribution in [0.3, 0.4) is 0 Å². The van der Waals surface area contributed by atoms with Crippen molar-refractivity contribution >= 4 is 27.7 Å². The molecule has 2 rings (SSSR count). The van der Waals surface area contributed by atoms with E-state index in [0.29, 0.717) is 5.56 Å². The van der Waals surface area contributed by atoms with Gasteiger partial charge in [-0.3, -0.25) is 9.59 Å². The van der Waals surface area contributed by atoms with Crippen LogP contribution in [0.4, 0.5) is 0 Å². The lowest BCUT2D eigenvalue weighted by molar-refractivity contribution is -0.657. The number of halogens is 1. The van der Waals surface area contributed by atoms with Gasteiger partial charge in [-0.15, -0.1) is 0 Å². The van der Waals surface area contributed by atoms with Crippen LogP contribution in [0, 0.1) is 0 Å². The van der Waals surface area contributed by atoms with Crippen LogP contribution in [0.5, 0.6) is 0 Å². The van der Waals surface area contributed by atoms with Gasteiger partial charge in [0.25, 0.3) is 0 Å². The number of benzene rings is 2. The van der Waals surface area contributed by atoms with Crippen LogP contribution in [0.1, 0.15) is 28.9 Å². The van der Waals surface area contributed by atoms with Gasteiger partial charge in [-0.1, -0.05) is 58.4 Å². The second-order valence-corrected chi connectivity index (χ2v) is 6.09. The van der Waals surface area contributed by atoms with Gasteiger partial charge in [0.15, 0.2) is 12.1 Å². The Morgan fingerprint density at radius 3 is 2.17 bits per heavy atom. The molecule has 0 amide bonds. The summed E-state index contributed by atoms with van der Waals surface area (Å²) in [5.74, 6) is -0.482. The van der Waals surface area contributed by atoms with Crippen molar-refractivity contribution in [2.45, 2.75) is 19.1 Å². The van der Waals surface area contributed by atoms with Crippen LogP contribution in [0.2, 0.25) is 0 Å². The molecule has 2 aromatic carbocycles. The SMILES string of the molecule is C[NH2+][C@@H](C(=O)c1ccc(Br)cc1)[C@@H](OC(C)=O)c1ccccc1. The molecule has 0 heterocycles. The Hall–Kier alpha value is -1.98. The highest BCUT2D eigenvalue weighted by Crippen LogP contribution is 2.23. The van der Waals surface area contributed by atoms with E-state index in [1.165, 1.54) is 6.92 Å². The van der Waals surface area contributed by atoms with E-state index in [-0.39, 0.29) is 5.78 Å². The van der Waals surface area contributed by atoms with E-state index in [0.717, 1.165) is 10.0 Å². The lowest BCUT2D eigenvalue weighted by atomic mass is 9.95. The average molecular weight is 377 g/mol. The number of carbonyl (C=O) groups is 2. The average Bonchev–Trinajstić information content (AvgIpc) is 2.55. The van der Waals surface area contributed by atoms with Gasteiger partial charge in [0.05, 0.1) is 7.05 Å². The predicted molar refractivity (Wildman–Crippen MR) is 91.1 cm³/mol. The van der Waals surface area contributed by atoms with Crippen molar-refractivity contribution < 1.29 is 19.6 Å². The molecule has 0 aromatic heterocycles. The monoisotopic (exact) mass is 376 g/mol. The molecular formula is C18H19BrNO3+. The Bertz CT molecular complexity index is 670. The van der Waals surface area contributed by atoms with Crippen LogP contribution in [-0.4, -0.2) is 24.8 Å².